The Morgan fingerprint density at radius 2 is 2.25 bits per heavy atom. The number of nitrogens with zero attached hydrogens (tertiary/aromatic N) is 3. The highest BCUT2D eigenvalue weighted by molar-refractivity contribution is 7.09. The fourth-order valence-corrected chi connectivity index (χ4v) is 2.02. The van der Waals surface area contributed by atoms with E-state index in [0.29, 0.717) is 0 Å². The van der Waals surface area contributed by atoms with Crippen molar-refractivity contribution in [2.75, 3.05) is 6.54 Å². The molecule has 0 bridgehead atoms. The van der Waals surface area contributed by atoms with E-state index in [1.54, 1.807) is 11.3 Å². The van der Waals surface area contributed by atoms with Gasteiger partial charge in [0.05, 0.1) is 10.7 Å². The van der Waals surface area contributed by atoms with Gasteiger partial charge >= 0.3 is 0 Å². The molecule has 16 heavy (non-hydrogen) atoms. The highest BCUT2D eigenvalue weighted by Crippen LogP contribution is 2.07. The maximum atomic E-state index is 4.38. The largest absolute Gasteiger partial charge is 0.311 e. The molecule has 0 aliphatic heterocycles. The van der Waals surface area contributed by atoms with Gasteiger partial charge < -0.3 is 5.32 Å². The first-order valence-corrected chi connectivity index (χ1v) is 6.11. The molecule has 0 spiro atoms. The monoisotopic (exact) mass is 237 g/mol. The van der Waals surface area contributed by atoms with Gasteiger partial charge in [-0.1, -0.05) is 0 Å². The summed E-state index contributed by atoms with van der Waals surface area (Å²) in [6, 6.07) is 0. The molecule has 0 unspecified atom stereocenters. The van der Waals surface area contributed by atoms with E-state index in [-0.39, 0.29) is 0 Å². The van der Waals surface area contributed by atoms with Gasteiger partial charge in [-0.3, -0.25) is 5.10 Å². The summed E-state index contributed by atoms with van der Waals surface area (Å²) in [6.45, 7) is 5.61. The Kier molecular flexibility index (Phi) is 3.63. The van der Waals surface area contributed by atoms with Crippen LogP contribution < -0.4 is 5.32 Å². The first-order valence-electron chi connectivity index (χ1n) is 5.23. The van der Waals surface area contributed by atoms with Crippen LogP contribution in [-0.4, -0.2) is 26.7 Å². The predicted octanol–water partition coefficient (Wildman–Crippen LogP) is 1.21. The molecule has 0 aliphatic rings. The molecule has 0 amide bonds. The molecule has 2 N–H and O–H groups in total. The summed E-state index contributed by atoms with van der Waals surface area (Å²) >= 11 is 1.68. The van der Waals surface area contributed by atoms with Gasteiger partial charge in [0.2, 0.25) is 0 Å². The number of rotatable bonds is 5. The second kappa shape index (κ2) is 5.18. The molecule has 6 heteroatoms. The number of aromatic amines is 1. The minimum atomic E-state index is 0.813. The van der Waals surface area contributed by atoms with E-state index in [4.69, 9.17) is 0 Å². The highest BCUT2D eigenvalue weighted by atomic mass is 32.1. The van der Waals surface area contributed by atoms with Crippen LogP contribution in [0.15, 0.2) is 5.38 Å². The normalized spacial score (nSPS) is 10.9. The molecule has 2 aromatic heterocycles. The lowest BCUT2D eigenvalue weighted by Gasteiger charge is -1.99. The van der Waals surface area contributed by atoms with Gasteiger partial charge in [0.1, 0.15) is 5.82 Å². The van der Waals surface area contributed by atoms with Crippen molar-refractivity contribution in [3.8, 4) is 0 Å². The SMILES string of the molecule is Cc1nc(CCNCc2csc(C)n2)n[nH]1. The topological polar surface area (TPSA) is 66.5 Å². The first-order chi connectivity index (χ1) is 7.74. The van der Waals surface area contributed by atoms with Gasteiger partial charge in [0.25, 0.3) is 0 Å². The Labute approximate surface area is 98.3 Å². The number of hydrogen-bond acceptors (Lipinski definition) is 5. The molecule has 2 heterocycles. The molecule has 0 aliphatic carbocycles. The van der Waals surface area contributed by atoms with E-state index in [0.717, 1.165) is 41.9 Å². The van der Waals surface area contributed by atoms with Crippen LogP contribution in [0.4, 0.5) is 0 Å². The average Bonchev–Trinajstić information content (AvgIpc) is 2.83. The van der Waals surface area contributed by atoms with Crippen LogP contribution in [0.3, 0.4) is 0 Å². The molecule has 5 nitrogen and oxygen atoms in total. The number of aromatic nitrogens is 4. The molecule has 0 atom stereocenters. The smallest absolute Gasteiger partial charge is 0.151 e. The van der Waals surface area contributed by atoms with E-state index < -0.39 is 0 Å². The standard InChI is InChI=1S/C10H15N5S/c1-7-12-10(15-14-7)3-4-11-5-9-6-16-8(2)13-9/h6,11H,3-5H2,1-2H3,(H,12,14,15). The van der Waals surface area contributed by atoms with Gasteiger partial charge in [-0.2, -0.15) is 5.10 Å². The van der Waals surface area contributed by atoms with E-state index in [1.165, 1.54) is 0 Å². The van der Waals surface area contributed by atoms with Gasteiger partial charge in [-0.05, 0) is 13.8 Å². The van der Waals surface area contributed by atoms with Crippen molar-refractivity contribution < 1.29 is 0 Å². The molecule has 0 fully saturated rings. The lowest BCUT2D eigenvalue weighted by Crippen LogP contribution is -2.17. The second-order valence-electron chi connectivity index (χ2n) is 3.62. The summed E-state index contributed by atoms with van der Waals surface area (Å²) in [5.41, 5.74) is 1.11. The lowest BCUT2D eigenvalue weighted by atomic mass is 10.4. The Morgan fingerprint density at radius 3 is 2.88 bits per heavy atom. The van der Waals surface area contributed by atoms with Crippen molar-refractivity contribution in [3.05, 3.63) is 27.7 Å². The molecular weight excluding hydrogens is 222 g/mol. The molecule has 0 saturated carbocycles. The number of hydrogen-bond donors (Lipinski definition) is 2. The molecule has 86 valence electrons. The van der Waals surface area contributed by atoms with Gasteiger partial charge in [0, 0.05) is 24.9 Å². The summed E-state index contributed by atoms with van der Waals surface area (Å²) in [5, 5.41) is 13.4. The zero-order valence-corrected chi connectivity index (χ0v) is 10.3. The molecule has 2 rings (SSSR count). The molecule has 0 saturated heterocycles. The van der Waals surface area contributed by atoms with E-state index in [2.05, 4.69) is 30.9 Å². The van der Waals surface area contributed by atoms with E-state index in [9.17, 15) is 0 Å². The van der Waals surface area contributed by atoms with Gasteiger partial charge in [0.15, 0.2) is 5.82 Å². The third-order valence-corrected chi connectivity index (χ3v) is 2.96. The van der Waals surface area contributed by atoms with E-state index >= 15 is 0 Å². The quantitative estimate of drug-likeness (QED) is 0.767. The number of nitrogens with one attached hydrogen (secondary N) is 2. The van der Waals surface area contributed by atoms with Gasteiger partial charge in [-0.15, -0.1) is 11.3 Å². The van der Waals surface area contributed by atoms with Crippen molar-refractivity contribution in [2.45, 2.75) is 26.8 Å². The minimum Gasteiger partial charge on any atom is -0.311 e. The lowest BCUT2D eigenvalue weighted by molar-refractivity contribution is 0.663. The van der Waals surface area contributed by atoms with Crippen molar-refractivity contribution in [2.24, 2.45) is 0 Å². The maximum Gasteiger partial charge on any atom is 0.151 e. The van der Waals surface area contributed by atoms with Crippen LogP contribution in [0.25, 0.3) is 0 Å². The molecule has 2 aromatic rings. The van der Waals surface area contributed by atoms with Crippen LogP contribution in [0.5, 0.6) is 0 Å². The molecule has 0 radical (unpaired) electrons. The van der Waals surface area contributed by atoms with Crippen LogP contribution in [0.1, 0.15) is 22.4 Å². The number of H-pyrrole nitrogens is 1. The van der Waals surface area contributed by atoms with Crippen LogP contribution >= 0.6 is 11.3 Å². The highest BCUT2D eigenvalue weighted by Gasteiger charge is 2.00. The predicted molar refractivity (Wildman–Crippen MR) is 63.4 cm³/mol. The third-order valence-electron chi connectivity index (χ3n) is 2.14. The summed E-state index contributed by atoms with van der Waals surface area (Å²) in [4.78, 5) is 8.62. The number of aryl methyl sites for hydroxylation is 2. The Morgan fingerprint density at radius 1 is 1.38 bits per heavy atom. The molecular formula is C10H15N5S. The number of thiazole rings is 1. The summed E-state index contributed by atoms with van der Waals surface area (Å²) < 4.78 is 0. The second-order valence-corrected chi connectivity index (χ2v) is 4.68. The van der Waals surface area contributed by atoms with Gasteiger partial charge in [-0.25, -0.2) is 9.97 Å². The minimum absolute atomic E-state index is 0.813. The fraction of sp³-hybridized carbons (Fsp3) is 0.500. The van der Waals surface area contributed by atoms with Crippen molar-refractivity contribution in [3.63, 3.8) is 0 Å². The zero-order chi connectivity index (χ0) is 11.4. The van der Waals surface area contributed by atoms with Crippen LogP contribution in [0.2, 0.25) is 0 Å². The van der Waals surface area contributed by atoms with E-state index in [1.807, 2.05) is 13.8 Å². The third kappa shape index (κ3) is 3.11. The Hall–Kier alpha value is -1.27. The summed E-state index contributed by atoms with van der Waals surface area (Å²) in [7, 11) is 0. The molecule has 0 aromatic carbocycles. The van der Waals surface area contributed by atoms with Crippen molar-refractivity contribution >= 4 is 11.3 Å². The van der Waals surface area contributed by atoms with Crippen molar-refractivity contribution in [1.82, 2.24) is 25.5 Å². The van der Waals surface area contributed by atoms with Crippen LogP contribution in [-0.2, 0) is 13.0 Å². The Balaban J connectivity index is 1.69. The summed E-state index contributed by atoms with van der Waals surface area (Å²) in [5.74, 6) is 1.73. The average molecular weight is 237 g/mol. The zero-order valence-electron chi connectivity index (χ0n) is 9.45. The fourth-order valence-electron chi connectivity index (χ4n) is 1.41. The maximum absolute atomic E-state index is 4.38. The van der Waals surface area contributed by atoms with Crippen molar-refractivity contribution in [1.29, 1.82) is 0 Å². The summed E-state index contributed by atoms with van der Waals surface area (Å²) in [6.07, 6.45) is 0.841. The first kappa shape index (κ1) is 11.2. The Bertz CT molecular complexity index is 405. The van der Waals surface area contributed by atoms with Crippen LogP contribution in [0, 0.1) is 13.8 Å².